The molecule has 0 spiro atoms. The van der Waals surface area contributed by atoms with E-state index >= 15 is 0 Å². The first kappa shape index (κ1) is 17.0. The first-order valence-electron chi connectivity index (χ1n) is 7.04. The van der Waals surface area contributed by atoms with E-state index in [4.69, 9.17) is 15.2 Å². The third-order valence-electron chi connectivity index (χ3n) is 2.75. The number of nitrogens with one attached hydrogen (secondary N) is 1. The maximum atomic E-state index is 11.6. The largest absolute Gasteiger partial charge is 0.495 e. The van der Waals surface area contributed by atoms with E-state index in [0.717, 1.165) is 12.0 Å². The Labute approximate surface area is 126 Å². The fourth-order valence-corrected chi connectivity index (χ4v) is 1.69. The van der Waals surface area contributed by atoms with Gasteiger partial charge in [-0.2, -0.15) is 0 Å². The van der Waals surface area contributed by atoms with E-state index in [1.807, 2.05) is 19.9 Å². The summed E-state index contributed by atoms with van der Waals surface area (Å²) < 4.78 is 10.5. The SMILES string of the molecule is COc1ccc(/C=C\C(=O)NCCCOC(C)C)cc1N. The number of anilines is 1. The van der Waals surface area contributed by atoms with Crippen LogP contribution in [0.1, 0.15) is 25.8 Å². The zero-order chi connectivity index (χ0) is 15.7. The second kappa shape index (κ2) is 9.02. The lowest BCUT2D eigenvalue weighted by molar-refractivity contribution is -0.116. The number of nitrogens with two attached hydrogens (primary N) is 1. The Morgan fingerprint density at radius 3 is 2.81 bits per heavy atom. The Kier molecular flexibility index (Phi) is 7.32. The zero-order valence-electron chi connectivity index (χ0n) is 12.9. The fourth-order valence-electron chi connectivity index (χ4n) is 1.69. The van der Waals surface area contributed by atoms with E-state index < -0.39 is 0 Å². The van der Waals surface area contributed by atoms with Crippen molar-refractivity contribution in [3.8, 4) is 5.75 Å². The molecule has 0 heterocycles. The molecule has 0 saturated heterocycles. The summed E-state index contributed by atoms with van der Waals surface area (Å²) in [5.41, 5.74) is 7.20. The molecule has 0 bridgehead atoms. The second-order valence-electron chi connectivity index (χ2n) is 4.90. The van der Waals surface area contributed by atoms with E-state index in [0.29, 0.717) is 24.6 Å². The van der Waals surface area contributed by atoms with Crippen LogP contribution >= 0.6 is 0 Å². The molecular formula is C16H24N2O3. The van der Waals surface area contributed by atoms with Crippen molar-refractivity contribution in [2.75, 3.05) is 26.0 Å². The minimum atomic E-state index is -0.131. The highest BCUT2D eigenvalue weighted by Crippen LogP contribution is 2.22. The van der Waals surface area contributed by atoms with Crippen molar-refractivity contribution in [3.05, 3.63) is 29.8 Å². The summed E-state index contributed by atoms with van der Waals surface area (Å²) in [7, 11) is 1.57. The van der Waals surface area contributed by atoms with E-state index in [9.17, 15) is 4.79 Å². The zero-order valence-corrected chi connectivity index (χ0v) is 12.9. The number of rotatable bonds is 8. The molecule has 1 amide bonds. The molecule has 1 aromatic rings. The number of hydrogen-bond acceptors (Lipinski definition) is 4. The summed E-state index contributed by atoms with van der Waals surface area (Å²) in [6.45, 7) is 5.22. The standard InChI is InChI=1S/C16H24N2O3/c1-12(2)21-10-4-9-18-16(19)8-6-13-5-7-15(20-3)14(17)11-13/h5-8,11-12H,4,9-10,17H2,1-3H3,(H,18,19)/b8-6-. The number of ether oxygens (including phenoxy) is 2. The molecule has 5 nitrogen and oxygen atoms in total. The summed E-state index contributed by atoms with van der Waals surface area (Å²) in [4.78, 5) is 11.6. The molecule has 0 unspecified atom stereocenters. The van der Waals surface area contributed by atoms with Gasteiger partial charge in [0.15, 0.2) is 0 Å². The minimum Gasteiger partial charge on any atom is -0.495 e. The molecule has 5 heteroatoms. The van der Waals surface area contributed by atoms with Gasteiger partial charge in [-0.15, -0.1) is 0 Å². The molecule has 0 atom stereocenters. The summed E-state index contributed by atoms with van der Waals surface area (Å²) in [6, 6.07) is 5.38. The number of hydrogen-bond donors (Lipinski definition) is 2. The van der Waals surface area contributed by atoms with Crippen LogP contribution in [0.15, 0.2) is 24.3 Å². The number of nitrogen functional groups attached to an aromatic ring is 1. The lowest BCUT2D eigenvalue weighted by atomic mass is 10.1. The second-order valence-corrected chi connectivity index (χ2v) is 4.90. The third-order valence-corrected chi connectivity index (χ3v) is 2.75. The van der Waals surface area contributed by atoms with Crippen LogP contribution in [-0.4, -0.2) is 32.3 Å². The Hall–Kier alpha value is -2.01. The maximum absolute atomic E-state index is 11.6. The normalized spacial score (nSPS) is 11.0. The van der Waals surface area contributed by atoms with Crippen molar-refractivity contribution in [1.29, 1.82) is 0 Å². The summed E-state index contributed by atoms with van der Waals surface area (Å²) in [6.07, 6.45) is 4.23. The van der Waals surface area contributed by atoms with Crippen molar-refractivity contribution in [2.24, 2.45) is 0 Å². The molecule has 0 saturated carbocycles. The van der Waals surface area contributed by atoms with Crippen LogP contribution in [0.25, 0.3) is 6.08 Å². The van der Waals surface area contributed by atoms with Crippen LogP contribution in [0.4, 0.5) is 5.69 Å². The van der Waals surface area contributed by atoms with Gasteiger partial charge in [0.1, 0.15) is 5.75 Å². The molecule has 3 N–H and O–H groups in total. The van der Waals surface area contributed by atoms with Crippen molar-refractivity contribution < 1.29 is 14.3 Å². The van der Waals surface area contributed by atoms with Crippen LogP contribution in [0, 0.1) is 0 Å². The molecule has 116 valence electrons. The van der Waals surface area contributed by atoms with Crippen molar-refractivity contribution in [3.63, 3.8) is 0 Å². The summed E-state index contributed by atoms with van der Waals surface area (Å²) >= 11 is 0. The minimum absolute atomic E-state index is 0.131. The van der Waals surface area contributed by atoms with Crippen LogP contribution in [-0.2, 0) is 9.53 Å². The summed E-state index contributed by atoms with van der Waals surface area (Å²) in [5.74, 6) is 0.496. The van der Waals surface area contributed by atoms with E-state index in [-0.39, 0.29) is 12.0 Å². The molecule has 1 rings (SSSR count). The van der Waals surface area contributed by atoms with Gasteiger partial charge >= 0.3 is 0 Å². The molecule has 0 aliphatic carbocycles. The highest BCUT2D eigenvalue weighted by molar-refractivity contribution is 5.91. The molecule has 0 radical (unpaired) electrons. The van der Waals surface area contributed by atoms with Crippen molar-refractivity contribution >= 4 is 17.7 Å². The van der Waals surface area contributed by atoms with Gasteiger partial charge in [-0.25, -0.2) is 0 Å². The van der Waals surface area contributed by atoms with Gasteiger partial charge in [0.05, 0.1) is 18.9 Å². The Morgan fingerprint density at radius 1 is 1.43 bits per heavy atom. The maximum Gasteiger partial charge on any atom is 0.244 e. The van der Waals surface area contributed by atoms with Gasteiger partial charge in [0, 0.05) is 19.2 Å². The average molecular weight is 292 g/mol. The predicted molar refractivity (Wildman–Crippen MR) is 85.2 cm³/mol. The number of carbonyl (C=O) groups is 1. The fraction of sp³-hybridized carbons (Fsp3) is 0.438. The molecule has 21 heavy (non-hydrogen) atoms. The van der Waals surface area contributed by atoms with Gasteiger partial charge in [0.25, 0.3) is 0 Å². The van der Waals surface area contributed by atoms with E-state index in [2.05, 4.69) is 5.32 Å². The van der Waals surface area contributed by atoms with Crippen LogP contribution < -0.4 is 15.8 Å². The van der Waals surface area contributed by atoms with Gasteiger partial charge in [-0.3, -0.25) is 4.79 Å². The van der Waals surface area contributed by atoms with E-state index in [1.54, 1.807) is 25.3 Å². The quantitative estimate of drug-likeness (QED) is 0.438. The van der Waals surface area contributed by atoms with Crippen LogP contribution in [0.5, 0.6) is 5.75 Å². The smallest absolute Gasteiger partial charge is 0.244 e. The average Bonchev–Trinajstić information content (AvgIpc) is 2.44. The number of amides is 1. The van der Waals surface area contributed by atoms with E-state index in [1.165, 1.54) is 6.08 Å². The topological polar surface area (TPSA) is 73.6 Å². The number of carbonyl (C=O) groups excluding carboxylic acids is 1. The summed E-state index contributed by atoms with van der Waals surface area (Å²) in [5, 5.41) is 2.80. The highest BCUT2D eigenvalue weighted by atomic mass is 16.5. The van der Waals surface area contributed by atoms with Crippen molar-refractivity contribution in [1.82, 2.24) is 5.32 Å². The molecule has 0 aromatic heterocycles. The van der Waals surface area contributed by atoms with Gasteiger partial charge in [-0.05, 0) is 44.0 Å². The Balaban J connectivity index is 2.35. The van der Waals surface area contributed by atoms with Gasteiger partial charge in [-0.1, -0.05) is 6.07 Å². The number of methoxy groups -OCH3 is 1. The van der Waals surface area contributed by atoms with Gasteiger partial charge in [0.2, 0.25) is 5.91 Å². The third kappa shape index (κ3) is 6.81. The Bertz CT molecular complexity index is 484. The predicted octanol–water partition coefficient (Wildman–Crippen LogP) is 2.22. The lowest BCUT2D eigenvalue weighted by Gasteiger charge is -2.07. The molecule has 0 aliphatic rings. The van der Waals surface area contributed by atoms with Gasteiger partial charge < -0.3 is 20.5 Å². The molecule has 1 aromatic carbocycles. The lowest BCUT2D eigenvalue weighted by Crippen LogP contribution is -2.23. The Morgan fingerprint density at radius 2 is 2.19 bits per heavy atom. The first-order valence-corrected chi connectivity index (χ1v) is 7.04. The molecule has 0 fully saturated rings. The molecular weight excluding hydrogens is 268 g/mol. The van der Waals surface area contributed by atoms with Crippen LogP contribution in [0.2, 0.25) is 0 Å². The van der Waals surface area contributed by atoms with Crippen molar-refractivity contribution in [2.45, 2.75) is 26.4 Å². The van der Waals surface area contributed by atoms with Crippen LogP contribution in [0.3, 0.4) is 0 Å². The number of benzene rings is 1. The first-order chi connectivity index (χ1) is 10.0. The molecule has 0 aliphatic heterocycles. The monoisotopic (exact) mass is 292 g/mol. The highest BCUT2D eigenvalue weighted by Gasteiger charge is 2.00.